The van der Waals surface area contributed by atoms with Gasteiger partial charge >= 0.3 is 5.97 Å². The highest BCUT2D eigenvalue weighted by Crippen LogP contribution is 2.23. The van der Waals surface area contributed by atoms with Crippen molar-refractivity contribution >= 4 is 28.9 Å². The molecule has 1 aromatic heterocycles. The molecule has 5 nitrogen and oxygen atoms in total. The van der Waals surface area contributed by atoms with E-state index in [9.17, 15) is 14.0 Å². The minimum atomic E-state index is -1.03. The SMILES string of the molecule is Nc1cc(F)ccc1C(=O)NC(CC(=O)O)c1cccs1. The van der Waals surface area contributed by atoms with Gasteiger partial charge in [-0.3, -0.25) is 9.59 Å². The quantitative estimate of drug-likeness (QED) is 0.740. The molecule has 1 amide bonds. The van der Waals surface area contributed by atoms with Gasteiger partial charge in [0.2, 0.25) is 0 Å². The number of amides is 1. The van der Waals surface area contributed by atoms with Crippen molar-refractivity contribution in [3.8, 4) is 0 Å². The van der Waals surface area contributed by atoms with Gasteiger partial charge < -0.3 is 16.2 Å². The molecule has 0 saturated heterocycles. The molecule has 1 unspecified atom stereocenters. The molecule has 0 spiro atoms. The first kappa shape index (κ1) is 15.0. The third-order valence-corrected chi connectivity index (χ3v) is 3.81. The second kappa shape index (κ2) is 6.36. The molecule has 0 bridgehead atoms. The molecule has 2 rings (SSSR count). The van der Waals surface area contributed by atoms with Gasteiger partial charge in [-0.1, -0.05) is 6.07 Å². The Balaban J connectivity index is 2.20. The minimum absolute atomic E-state index is 0.00718. The van der Waals surface area contributed by atoms with Gasteiger partial charge in [0.05, 0.1) is 18.0 Å². The lowest BCUT2D eigenvalue weighted by Gasteiger charge is -2.16. The summed E-state index contributed by atoms with van der Waals surface area (Å²) in [6.07, 6.45) is -0.243. The van der Waals surface area contributed by atoms with E-state index in [0.717, 1.165) is 17.0 Å². The Morgan fingerprint density at radius 3 is 2.71 bits per heavy atom. The zero-order valence-corrected chi connectivity index (χ0v) is 11.7. The highest BCUT2D eigenvalue weighted by atomic mass is 32.1. The summed E-state index contributed by atoms with van der Waals surface area (Å²) in [6, 6.07) is 6.31. The van der Waals surface area contributed by atoms with E-state index < -0.39 is 23.7 Å². The fraction of sp³-hybridized carbons (Fsp3) is 0.143. The Morgan fingerprint density at radius 1 is 1.38 bits per heavy atom. The van der Waals surface area contributed by atoms with Crippen molar-refractivity contribution in [2.24, 2.45) is 0 Å². The summed E-state index contributed by atoms with van der Waals surface area (Å²) in [5.41, 5.74) is 5.72. The Kier molecular flexibility index (Phi) is 4.54. The van der Waals surface area contributed by atoms with Crippen molar-refractivity contribution in [2.75, 3.05) is 5.73 Å². The van der Waals surface area contributed by atoms with E-state index >= 15 is 0 Å². The number of halogens is 1. The van der Waals surface area contributed by atoms with E-state index in [0.29, 0.717) is 0 Å². The average molecular weight is 308 g/mol. The van der Waals surface area contributed by atoms with Crippen LogP contribution >= 0.6 is 11.3 Å². The van der Waals surface area contributed by atoms with Crippen molar-refractivity contribution in [3.63, 3.8) is 0 Å². The van der Waals surface area contributed by atoms with E-state index in [1.54, 1.807) is 17.5 Å². The van der Waals surface area contributed by atoms with Crippen LogP contribution in [0.1, 0.15) is 27.7 Å². The summed E-state index contributed by atoms with van der Waals surface area (Å²) >= 11 is 1.35. The molecule has 0 saturated carbocycles. The Bertz CT molecular complexity index is 658. The van der Waals surface area contributed by atoms with Crippen LogP contribution in [0.15, 0.2) is 35.7 Å². The van der Waals surface area contributed by atoms with Crippen LogP contribution in [-0.2, 0) is 4.79 Å². The maximum atomic E-state index is 13.0. The lowest BCUT2D eigenvalue weighted by Crippen LogP contribution is -2.30. The summed E-state index contributed by atoms with van der Waals surface area (Å²) in [5, 5.41) is 13.3. The highest BCUT2D eigenvalue weighted by Gasteiger charge is 2.20. The number of carboxylic acids is 1. The fourth-order valence-corrected chi connectivity index (χ4v) is 2.64. The Morgan fingerprint density at radius 2 is 2.14 bits per heavy atom. The number of nitrogens with two attached hydrogens (primary N) is 1. The largest absolute Gasteiger partial charge is 0.481 e. The molecule has 0 aliphatic rings. The Labute approximate surface area is 124 Å². The van der Waals surface area contributed by atoms with Gasteiger partial charge in [-0.05, 0) is 29.6 Å². The number of anilines is 1. The van der Waals surface area contributed by atoms with Gasteiger partial charge in [-0.15, -0.1) is 11.3 Å². The highest BCUT2D eigenvalue weighted by molar-refractivity contribution is 7.10. The number of hydrogen-bond donors (Lipinski definition) is 3. The molecule has 110 valence electrons. The number of rotatable bonds is 5. The van der Waals surface area contributed by atoms with E-state index in [-0.39, 0.29) is 17.7 Å². The van der Waals surface area contributed by atoms with E-state index in [1.165, 1.54) is 17.4 Å². The van der Waals surface area contributed by atoms with Gasteiger partial charge in [-0.2, -0.15) is 0 Å². The normalized spacial score (nSPS) is 11.9. The number of carboxylic acid groups (broad SMARTS) is 1. The van der Waals surface area contributed by atoms with Crippen LogP contribution in [0.2, 0.25) is 0 Å². The molecule has 1 aromatic carbocycles. The molecule has 4 N–H and O–H groups in total. The summed E-state index contributed by atoms with van der Waals surface area (Å²) < 4.78 is 13.0. The number of nitrogens with one attached hydrogen (secondary N) is 1. The van der Waals surface area contributed by atoms with Crippen molar-refractivity contribution in [1.29, 1.82) is 0 Å². The lowest BCUT2D eigenvalue weighted by molar-refractivity contribution is -0.137. The van der Waals surface area contributed by atoms with Crippen LogP contribution < -0.4 is 11.1 Å². The van der Waals surface area contributed by atoms with Crippen molar-refractivity contribution in [2.45, 2.75) is 12.5 Å². The third kappa shape index (κ3) is 3.79. The fourth-order valence-electron chi connectivity index (χ4n) is 1.86. The molecule has 1 heterocycles. The van der Waals surface area contributed by atoms with Crippen molar-refractivity contribution in [1.82, 2.24) is 5.32 Å². The Hall–Kier alpha value is -2.41. The number of aliphatic carboxylic acids is 1. The third-order valence-electron chi connectivity index (χ3n) is 2.83. The summed E-state index contributed by atoms with van der Waals surface area (Å²) in [7, 11) is 0. The number of carbonyl (C=O) groups excluding carboxylic acids is 1. The summed E-state index contributed by atoms with van der Waals surface area (Å²) in [6.45, 7) is 0. The first-order chi connectivity index (χ1) is 9.97. The topological polar surface area (TPSA) is 92.4 Å². The van der Waals surface area contributed by atoms with Gasteiger partial charge in [0.15, 0.2) is 0 Å². The molecule has 0 aliphatic carbocycles. The standard InChI is InChI=1S/C14H13FN2O3S/c15-8-3-4-9(10(16)6-8)14(20)17-11(7-13(18)19)12-2-1-5-21-12/h1-6,11H,7,16H2,(H,17,20)(H,18,19). The van der Waals surface area contributed by atoms with E-state index in [2.05, 4.69) is 5.32 Å². The lowest BCUT2D eigenvalue weighted by atomic mass is 10.1. The monoisotopic (exact) mass is 308 g/mol. The van der Waals surface area contributed by atoms with Crippen LogP contribution in [0.3, 0.4) is 0 Å². The number of hydrogen-bond acceptors (Lipinski definition) is 4. The number of benzene rings is 1. The first-order valence-corrected chi connectivity index (χ1v) is 6.96. The van der Waals surface area contributed by atoms with E-state index in [1.807, 2.05) is 0 Å². The van der Waals surface area contributed by atoms with Crippen LogP contribution in [0.4, 0.5) is 10.1 Å². The van der Waals surface area contributed by atoms with Crippen molar-refractivity contribution in [3.05, 3.63) is 52.0 Å². The summed E-state index contributed by atoms with van der Waals surface area (Å²) in [5.74, 6) is -2.10. The van der Waals surface area contributed by atoms with Crippen molar-refractivity contribution < 1.29 is 19.1 Å². The van der Waals surface area contributed by atoms with Crippen LogP contribution in [0.25, 0.3) is 0 Å². The zero-order valence-electron chi connectivity index (χ0n) is 10.9. The molecular formula is C14H13FN2O3S. The molecule has 7 heteroatoms. The van der Waals surface area contributed by atoms with Crippen LogP contribution in [0.5, 0.6) is 0 Å². The maximum absolute atomic E-state index is 13.0. The molecule has 21 heavy (non-hydrogen) atoms. The molecule has 0 aliphatic heterocycles. The number of thiophene rings is 1. The second-order valence-electron chi connectivity index (χ2n) is 4.37. The average Bonchev–Trinajstić information content (AvgIpc) is 2.90. The smallest absolute Gasteiger partial charge is 0.305 e. The number of nitrogen functional groups attached to an aromatic ring is 1. The van der Waals surface area contributed by atoms with Crippen LogP contribution in [0, 0.1) is 5.82 Å². The van der Waals surface area contributed by atoms with Gasteiger partial charge in [-0.25, -0.2) is 4.39 Å². The molecule has 1 atom stereocenters. The first-order valence-electron chi connectivity index (χ1n) is 6.08. The molecule has 2 aromatic rings. The van der Waals surface area contributed by atoms with Crippen LogP contribution in [-0.4, -0.2) is 17.0 Å². The predicted molar refractivity (Wildman–Crippen MR) is 77.6 cm³/mol. The van der Waals surface area contributed by atoms with Gasteiger partial charge in [0.1, 0.15) is 5.82 Å². The van der Waals surface area contributed by atoms with E-state index in [4.69, 9.17) is 10.8 Å². The molecule has 0 radical (unpaired) electrons. The van der Waals surface area contributed by atoms with Gasteiger partial charge in [0, 0.05) is 10.6 Å². The number of carbonyl (C=O) groups is 2. The predicted octanol–water partition coefficient (Wildman–Crippen LogP) is 2.42. The zero-order chi connectivity index (χ0) is 15.4. The second-order valence-corrected chi connectivity index (χ2v) is 5.35. The molecular weight excluding hydrogens is 295 g/mol. The maximum Gasteiger partial charge on any atom is 0.305 e. The minimum Gasteiger partial charge on any atom is -0.481 e. The molecule has 0 fully saturated rings. The van der Waals surface area contributed by atoms with Gasteiger partial charge in [0.25, 0.3) is 5.91 Å². The summed E-state index contributed by atoms with van der Waals surface area (Å²) in [4.78, 5) is 23.8.